The Morgan fingerprint density at radius 1 is 0.388 bits per heavy atom. The number of aliphatic hydroxyl groups excluding tert-OH is 1. The molecular weight excluding hydrogens is 1050 g/mol. The third-order valence-corrected chi connectivity index (χ3v) is 13.0. The molecule has 5 amide bonds. The van der Waals surface area contributed by atoms with Crippen LogP contribution >= 0.6 is 0 Å². The second-order valence-corrected chi connectivity index (χ2v) is 19.8. The van der Waals surface area contributed by atoms with Gasteiger partial charge in [-0.2, -0.15) is 0 Å². The molecule has 0 aromatic rings. The Hall–Kier alpha value is -5.63. The first-order valence-electron chi connectivity index (χ1n) is 28.6. The number of hydrogen-bond donors (Lipinski definition) is 10. The summed E-state index contributed by atoms with van der Waals surface area (Å²) >= 11 is 0. The summed E-state index contributed by atoms with van der Waals surface area (Å²) in [5, 5.41) is 59.1. The van der Waals surface area contributed by atoms with E-state index in [9.17, 15) is 68.1 Å². The molecule has 25 nitrogen and oxygen atoms in total. The molecule has 0 aromatic carbocycles. The van der Waals surface area contributed by atoms with Crippen molar-refractivity contribution in [2.45, 2.75) is 192 Å². The van der Waals surface area contributed by atoms with Gasteiger partial charge in [-0.15, -0.1) is 0 Å². The number of aliphatic hydroxyl groups is 1. The van der Waals surface area contributed by atoms with Crippen LogP contribution < -0.4 is 26.6 Å². The molecular formula is C55H95N5O20. The lowest BCUT2D eigenvalue weighted by molar-refractivity contribution is -0.145. The summed E-state index contributed by atoms with van der Waals surface area (Å²) in [6.45, 7) is 1.85. The lowest BCUT2D eigenvalue weighted by Crippen LogP contribution is -2.42. The van der Waals surface area contributed by atoms with Crippen LogP contribution in [0.25, 0.3) is 0 Å². The number of carboxylic acids is 4. The van der Waals surface area contributed by atoms with Crippen molar-refractivity contribution in [1.82, 2.24) is 26.6 Å². The fourth-order valence-corrected chi connectivity index (χ4v) is 8.24. The molecule has 4 atom stereocenters. The molecule has 10 N–H and O–H groups in total. The Kier molecular flexibility index (Phi) is 46.8. The molecule has 80 heavy (non-hydrogen) atoms. The standard InChI is InChI=1S/C55H95N5O20/c1-2-41(46(63)38-61)19-17-18-28-56-47(64)26-23-45(55(75)76)60-50(67)25-22-42(53(71)72)37-43(62)39-79-35-33-78-32-30-58-51(68)40-80-36-34-77-31-29-57-48(65)27-24-44(54(73)74)59-49(66)20-15-13-11-9-7-5-3-4-6-8-10-12-14-16-21-52(69)70/h41-42,44-45,61H,2-40H2,1H3,(H,56,64)(H,57,65)(H,58,68)(H,59,66)(H,60,67)(H,69,70)(H,71,72)(H,73,74)(H,75,76)/t41?,42-,44+,45+/m1/s1. The maximum absolute atomic E-state index is 12.5. The molecule has 0 rings (SSSR count). The number of rotatable bonds is 57. The first-order valence-corrected chi connectivity index (χ1v) is 28.6. The zero-order valence-electron chi connectivity index (χ0n) is 47.2. The Balaban J connectivity index is 3.98. The molecule has 0 aliphatic carbocycles. The van der Waals surface area contributed by atoms with Gasteiger partial charge in [0, 0.05) is 64.1 Å². The predicted molar refractivity (Wildman–Crippen MR) is 291 cm³/mol. The van der Waals surface area contributed by atoms with Crippen molar-refractivity contribution in [2.75, 3.05) is 79.1 Å². The highest BCUT2D eigenvalue weighted by Gasteiger charge is 2.26. The molecule has 0 aromatic heterocycles. The van der Waals surface area contributed by atoms with Gasteiger partial charge in [-0.1, -0.05) is 90.4 Å². The van der Waals surface area contributed by atoms with Gasteiger partial charge in [-0.3, -0.25) is 43.2 Å². The highest BCUT2D eigenvalue weighted by molar-refractivity contribution is 5.87. The summed E-state index contributed by atoms with van der Waals surface area (Å²) in [5.74, 6) is -9.23. The quantitative estimate of drug-likeness (QED) is 0.0389. The number of unbranched alkanes of at least 4 members (excludes halogenated alkanes) is 14. The maximum Gasteiger partial charge on any atom is 0.326 e. The minimum Gasteiger partial charge on any atom is -0.481 e. The van der Waals surface area contributed by atoms with Crippen molar-refractivity contribution < 1.29 is 97.2 Å². The minimum absolute atomic E-state index is 0.00766. The monoisotopic (exact) mass is 1150 g/mol. The summed E-state index contributed by atoms with van der Waals surface area (Å²) in [5.41, 5.74) is 0. The smallest absolute Gasteiger partial charge is 0.326 e. The molecule has 0 saturated carbocycles. The fraction of sp³-hybridized carbons (Fsp3) is 0.800. The third kappa shape index (κ3) is 45.1. The molecule has 0 aliphatic heterocycles. The van der Waals surface area contributed by atoms with E-state index in [1.807, 2.05) is 6.92 Å². The van der Waals surface area contributed by atoms with E-state index in [-0.39, 0.29) is 128 Å². The summed E-state index contributed by atoms with van der Waals surface area (Å²) in [6.07, 6.45) is 16.0. The van der Waals surface area contributed by atoms with E-state index < -0.39 is 90.9 Å². The van der Waals surface area contributed by atoms with Gasteiger partial charge in [0.25, 0.3) is 0 Å². The first-order chi connectivity index (χ1) is 38.4. The number of amides is 5. The number of ketones is 2. The third-order valence-electron chi connectivity index (χ3n) is 13.0. The number of carboxylic acid groups (broad SMARTS) is 4. The van der Waals surface area contributed by atoms with Gasteiger partial charge in [0.2, 0.25) is 29.5 Å². The lowest BCUT2D eigenvalue weighted by atomic mass is 9.95. The van der Waals surface area contributed by atoms with Crippen LogP contribution in [0.4, 0.5) is 0 Å². The van der Waals surface area contributed by atoms with Gasteiger partial charge < -0.3 is 71.1 Å². The Bertz CT molecular complexity index is 1800. The molecule has 0 aliphatic rings. The zero-order valence-corrected chi connectivity index (χ0v) is 47.2. The van der Waals surface area contributed by atoms with Crippen molar-refractivity contribution in [1.29, 1.82) is 0 Å². The molecule has 25 heteroatoms. The minimum atomic E-state index is -1.40. The van der Waals surface area contributed by atoms with Crippen molar-refractivity contribution in [3.8, 4) is 0 Å². The summed E-state index contributed by atoms with van der Waals surface area (Å²) in [6, 6.07) is -2.58. The van der Waals surface area contributed by atoms with Crippen molar-refractivity contribution in [2.24, 2.45) is 11.8 Å². The summed E-state index contributed by atoms with van der Waals surface area (Å²) in [4.78, 5) is 131. The van der Waals surface area contributed by atoms with Crippen molar-refractivity contribution in [3.05, 3.63) is 0 Å². The average molecular weight is 1150 g/mol. The molecule has 0 bridgehead atoms. The van der Waals surface area contributed by atoms with E-state index >= 15 is 0 Å². The van der Waals surface area contributed by atoms with E-state index in [4.69, 9.17) is 29.2 Å². The van der Waals surface area contributed by atoms with Gasteiger partial charge in [0.1, 0.15) is 31.9 Å². The number of aliphatic carboxylic acids is 4. The highest BCUT2D eigenvalue weighted by Crippen LogP contribution is 2.16. The van der Waals surface area contributed by atoms with Crippen LogP contribution in [0, 0.1) is 11.8 Å². The van der Waals surface area contributed by atoms with Crippen LogP contribution in [0.3, 0.4) is 0 Å². The number of Topliss-reactive ketones (excluding diaryl/α,β-unsaturated/α-hetero) is 2. The van der Waals surface area contributed by atoms with E-state index in [0.717, 1.165) is 51.4 Å². The van der Waals surface area contributed by atoms with Gasteiger partial charge >= 0.3 is 23.9 Å². The first kappa shape index (κ1) is 74.4. The van der Waals surface area contributed by atoms with Crippen molar-refractivity contribution >= 4 is 65.0 Å². The summed E-state index contributed by atoms with van der Waals surface area (Å²) in [7, 11) is 0. The van der Waals surface area contributed by atoms with Crippen LogP contribution in [0.2, 0.25) is 0 Å². The Morgan fingerprint density at radius 2 is 0.812 bits per heavy atom. The van der Waals surface area contributed by atoms with Gasteiger partial charge in [-0.25, -0.2) is 9.59 Å². The molecule has 0 heterocycles. The van der Waals surface area contributed by atoms with E-state index in [1.165, 1.54) is 32.1 Å². The molecule has 0 fully saturated rings. The van der Waals surface area contributed by atoms with E-state index in [0.29, 0.717) is 38.6 Å². The number of carbonyl (C=O) groups is 11. The van der Waals surface area contributed by atoms with Crippen LogP contribution in [-0.2, 0) is 71.7 Å². The zero-order chi connectivity index (χ0) is 59.6. The Morgan fingerprint density at radius 3 is 1.27 bits per heavy atom. The van der Waals surface area contributed by atoms with Crippen LogP contribution in [0.1, 0.15) is 180 Å². The SMILES string of the molecule is CCC(CCCCNC(=O)CC[C@H](NC(=O)CC[C@H](CC(=O)COCCOCCNC(=O)COCCOCCNC(=O)CC[C@H](NC(=O)CCCCCCCCCCCCCCCCC(=O)O)C(=O)O)C(=O)O)C(=O)O)C(=O)CO. The molecule has 0 saturated heterocycles. The van der Waals surface area contributed by atoms with Crippen molar-refractivity contribution in [3.63, 3.8) is 0 Å². The van der Waals surface area contributed by atoms with E-state index in [1.54, 1.807) is 0 Å². The number of carbonyl (C=O) groups excluding carboxylic acids is 7. The van der Waals surface area contributed by atoms with Gasteiger partial charge in [0.15, 0.2) is 11.6 Å². The number of hydrogen-bond acceptors (Lipinski definition) is 16. The normalized spacial score (nSPS) is 12.6. The summed E-state index contributed by atoms with van der Waals surface area (Å²) < 4.78 is 21.3. The largest absolute Gasteiger partial charge is 0.481 e. The molecule has 0 spiro atoms. The van der Waals surface area contributed by atoms with E-state index in [2.05, 4.69) is 26.6 Å². The maximum atomic E-state index is 12.5. The molecule has 1 unspecified atom stereocenters. The van der Waals surface area contributed by atoms with Gasteiger partial charge in [-0.05, 0) is 51.4 Å². The number of nitrogens with one attached hydrogen (secondary N) is 5. The second kappa shape index (κ2) is 50.3. The molecule has 0 radical (unpaired) electrons. The average Bonchev–Trinajstić information content (AvgIpc) is 3.41. The predicted octanol–water partition coefficient (Wildman–Crippen LogP) is 3.62. The van der Waals surface area contributed by atoms with Gasteiger partial charge in [0.05, 0.1) is 45.6 Å². The Labute approximate surface area is 470 Å². The highest BCUT2D eigenvalue weighted by atomic mass is 16.5. The van der Waals surface area contributed by atoms with Crippen LogP contribution in [-0.4, -0.2) is 182 Å². The van der Waals surface area contributed by atoms with Crippen LogP contribution in [0.5, 0.6) is 0 Å². The second-order valence-electron chi connectivity index (χ2n) is 19.8. The fourth-order valence-electron chi connectivity index (χ4n) is 8.24. The lowest BCUT2D eigenvalue weighted by Gasteiger charge is -2.16. The topological polar surface area (TPSA) is 386 Å². The number of ether oxygens (including phenoxy) is 4. The molecule has 460 valence electrons. The van der Waals surface area contributed by atoms with Crippen LogP contribution in [0.15, 0.2) is 0 Å².